The van der Waals surface area contributed by atoms with Crippen LogP contribution in [0.15, 0.2) is 0 Å². The molecule has 0 spiro atoms. The smallest absolute Gasteiger partial charge is 0.223 e. The molecule has 0 aromatic carbocycles. The van der Waals surface area contributed by atoms with Crippen LogP contribution in [0.2, 0.25) is 0 Å². The number of carbonyl (C=O) groups excluding carboxylic acids is 1. The van der Waals surface area contributed by atoms with Crippen LogP contribution in [0.4, 0.5) is 0 Å². The molecule has 1 saturated heterocycles. The second-order valence-electron chi connectivity index (χ2n) is 5.53. The zero-order chi connectivity index (χ0) is 11.9. The molecule has 98 valence electrons. The van der Waals surface area contributed by atoms with Crippen molar-refractivity contribution in [3.05, 3.63) is 0 Å². The van der Waals surface area contributed by atoms with Crippen LogP contribution in [0, 0.1) is 5.92 Å². The van der Waals surface area contributed by atoms with Gasteiger partial charge in [-0.3, -0.25) is 4.79 Å². The van der Waals surface area contributed by atoms with Gasteiger partial charge in [0.2, 0.25) is 5.91 Å². The summed E-state index contributed by atoms with van der Waals surface area (Å²) in [4.78, 5) is 14.4. The number of amides is 1. The first-order chi connectivity index (χ1) is 8.36. The molecule has 1 aliphatic heterocycles. The van der Waals surface area contributed by atoms with Crippen molar-refractivity contribution >= 4 is 5.91 Å². The number of carbonyl (C=O) groups is 1. The third kappa shape index (κ3) is 4.30. The van der Waals surface area contributed by atoms with Crippen molar-refractivity contribution in [2.24, 2.45) is 5.92 Å². The summed E-state index contributed by atoms with van der Waals surface area (Å²) in [5.74, 6) is 0.617. The average molecular weight is 238 g/mol. The highest BCUT2D eigenvalue weighted by Gasteiger charge is 2.20. The monoisotopic (exact) mass is 238 g/mol. The molecule has 1 N–H and O–H groups in total. The van der Waals surface area contributed by atoms with Gasteiger partial charge in [-0.1, -0.05) is 25.7 Å². The predicted molar refractivity (Wildman–Crippen MR) is 69.9 cm³/mol. The van der Waals surface area contributed by atoms with Crippen LogP contribution < -0.4 is 5.32 Å². The Morgan fingerprint density at radius 1 is 1.00 bits per heavy atom. The first-order valence-corrected chi connectivity index (χ1v) is 7.36. The fourth-order valence-electron chi connectivity index (χ4n) is 3.03. The molecule has 0 radical (unpaired) electrons. The highest BCUT2D eigenvalue weighted by atomic mass is 16.1. The van der Waals surface area contributed by atoms with E-state index in [0.29, 0.717) is 11.8 Å². The van der Waals surface area contributed by atoms with Gasteiger partial charge in [0.05, 0.1) is 0 Å². The lowest BCUT2D eigenvalue weighted by Crippen LogP contribution is -2.39. The third-order valence-corrected chi connectivity index (χ3v) is 4.15. The minimum Gasteiger partial charge on any atom is -0.355 e. The number of nitrogens with zero attached hydrogens (tertiary/aromatic N) is 1. The Labute approximate surface area is 105 Å². The van der Waals surface area contributed by atoms with E-state index in [1.54, 1.807) is 0 Å². The largest absolute Gasteiger partial charge is 0.355 e. The molecule has 0 atom stereocenters. The molecule has 0 aromatic rings. The minimum atomic E-state index is 0.307. The minimum absolute atomic E-state index is 0.307. The van der Waals surface area contributed by atoms with Crippen LogP contribution in [0.25, 0.3) is 0 Å². The highest BCUT2D eigenvalue weighted by molar-refractivity contribution is 5.78. The molecule has 2 rings (SSSR count). The zero-order valence-corrected chi connectivity index (χ0v) is 10.9. The van der Waals surface area contributed by atoms with Gasteiger partial charge in [0.15, 0.2) is 0 Å². The normalized spacial score (nSPS) is 23.5. The van der Waals surface area contributed by atoms with Crippen molar-refractivity contribution in [2.45, 2.75) is 51.4 Å². The van der Waals surface area contributed by atoms with Gasteiger partial charge >= 0.3 is 0 Å². The number of nitrogens with one attached hydrogen (secondary N) is 1. The van der Waals surface area contributed by atoms with E-state index >= 15 is 0 Å². The van der Waals surface area contributed by atoms with Crippen molar-refractivity contribution in [2.75, 3.05) is 26.2 Å². The Hall–Kier alpha value is -0.570. The molecule has 0 unspecified atom stereocenters. The Bertz CT molecular complexity index is 230. The summed E-state index contributed by atoms with van der Waals surface area (Å²) >= 11 is 0. The number of likely N-dealkylation sites (tertiary alicyclic amines) is 1. The summed E-state index contributed by atoms with van der Waals surface area (Å²) in [5, 5.41) is 3.12. The van der Waals surface area contributed by atoms with E-state index in [0.717, 1.165) is 25.9 Å². The lowest BCUT2D eigenvalue weighted by Gasteiger charge is -2.27. The van der Waals surface area contributed by atoms with Gasteiger partial charge in [-0.15, -0.1) is 0 Å². The van der Waals surface area contributed by atoms with Crippen molar-refractivity contribution in [3.63, 3.8) is 0 Å². The molecular formula is C14H26N2O. The predicted octanol–water partition coefficient (Wildman–Crippen LogP) is 2.17. The SMILES string of the molecule is O=C(NCCN1CCCCC1)C1CCCCC1. The molecule has 3 nitrogen and oxygen atoms in total. The van der Waals surface area contributed by atoms with Gasteiger partial charge in [0, 0.05) is 19.0 Å². The third-order valence-electron chi connectivity index (χ3n) is 4.15. The average Bonchev–Trinajstić information content (AvgIpc) is 2.41. The van der Waals surface area contributed by atoms with Crippen molar-refractivity contribution in [3.8, 4) is 0 Å². The maximum atomic E-state index is 11.9. The van der Waals surface area contributed by atoms with E-state index < -0.39 is 0 Å². The van der Waals surface area contributed by atoms with Crippen molar-refractivity contribution in [1.29, 1.82) is 0 Å². The second-order valence-corrected chi connectivity index (χ2v) is 5.53. The van der Waals surface area contributed by atoms with Crippen LogP contribution >= 0.6 is 0 Å². The van der Waals surface area contributed by atoms with Gasteiger partial charge in [0.25, 0.3) is 0 Å². The molecule has 1 aliphatic carbocycles. The second kappa shape index (κ2) is 7.00. The molecule has 3 heteroatoms. The van der Waals surface area contributed by atoms with E-state index in [-0.39, 0.29) is 0 Å². The quantitative estimate of drug-likeness (QED) is 0.814. The van der Waals surface area contributed by atoms with Crippen LogP contribution in [0.3, 0.4) is 0 Å². The first-order valence-electron chi connectivity index (χ1n) is 7.36. The highest BCUT2D eigenvalue weighted by Crippen LogP contribution is 2.23. The zero-order valence-electron chi connectivity index (χ0n) is 10.9. The van der Waals surface area contributed by atoms with Gasteiger partial charge in [0.1, 0.15) is 0 Å². The lowest BCUT2D eigenvalue weighted by atomic mass is 9.89. The molecule has 1 amide bonds. The van der Waals surface area contributed by atoms with Crippen LogP contribution in [-0.2, 0) is 4.79 Å². The van der Waals surface area contributed by atoms with Gasteiger partial charge in [-0.25, -0.2) is 0 Å². The first kappa shape index (κ1) is 12.9. The topological polar surface area (TPSA) is 32.3 Å². The fourth-order valence-corrected chi connectivity index (χ4v) is 3.03. The van der Waals surface area contributed by atoms with Crippen LogP contribution in [0.5, 0.6) is 0 Å². The van der Waals surface area contributed by atoms with Gasteiger partial charge in [-0.05, 0) is 38.8 Å². The Morgan fingerprint density at radius 2 is 1.65 bits per heavy atom. The number of hydrogen-bond donors (Lipinski definition) is 1. The van der Waals surface area contributed by atoms with Crippen molar-refractivity contribution in [1.82, 2.24) is 10.2 Å². The summed E-state index contributed by atoms with van der Waals surface area (Å²) in [6.45, 7) is 4.33. The molecule has 0 aromatic heterocycles. The van der Waals surface area contributed by atoms with E-state index in [1.165, 1.54) is 51.6 Å². The van der Waals surface area contributed by atoms with E-state index in [4.69, 9.17) is 0 Å². The summed E-state index contributed by atoms with van der Waals surface area (Å²) < 4.78 is 0. The van der Waals surface area contributed by atoms with Crippen LogP contribution in [0.1, 0.15) is 51.4 Å². The summed E-state index contributed by atoms with van der Waals surface area (Å²) in [7, 11) is 0. The van der Waals surface area contributed by atoms with E-state index in [2.05, 4.69) is 10.2 Å². The molecule has 2 aliphatic rings. The summed E-state index contributed by atoms with van der Waals surface area (Å²) in [6, 6.07) is 0. The Balaban J connectivity index is 1.58. The number of hydrogen-bond acceptors (Lipinski definition) is 2. The van der Waals surface area contributed by atoms with Gasteiger partial charge < -0.3 is 10.2 Å². The van der Waals surface area contributed by atoms with Crippen LogP contribution in [-0.4, -0.2) is 37.0 Å². The molecule has 1 heterocycles. The summed E-state index contributed by atoms with van der Waals surface area (Å²) in [5.41, 5.74) is 0. The van der Waals surface area contributed by atoms with Gasteiger partial charge in [-0.2, -0.15) is 0 Å². The molecule has 0 bridgehead atoms. The number of piperidine rings is 1. The lowest BCUT2D eigenvalue weighted by molar-refractivity contribution is -0.125. The Morgan fingerprint density at radius 3 is 2.35 bits per heavy atom. The maximum absolute atomic E-state index is 11.9. The molecule has 2 fully saturated rings. The Kier molecular flexibility index (Phi) is 5.30. The molecule has 17 heavy (non-hydrogen) atoms. The summed E-state index contributed by atoms with van der Waals surface area (Å²) in [6.07, 6.45) is 10.1. The van der Waals surface area contributed by atoms with Crippen molar-refractivity contribution < 1.29 is 4.79 Å². The number of rotatable bonds is 4. The fraction of sp³-hybridized carbons (Fsp3) is 0.929. The van der Waals surface area contributed by atoms with E-state index in [9.17, 15) is 4.79 Å². The maximum Gasteiger partial charge on any atom is 0.223 e. The molecule has 1 saturated carbocycles. The molecular weight excluding hydrogens is 212 g/mol. The van der Waals surface area contributed by atoms with E-state index in [1.807, 2.05) is 0 Å². The standard InChI is InChI=1S/C14H26N2O/c17-14(13-7-3-1-4-8-13)15-9-12-16-10-5-2-6-11-16/h13H,1-12H2,(H,15,17).